The topological polar surface area (TPSA) is 52.7 Å². The summed E-state index contributed by atoms with van der Waals surface area (Å²) in [5.41, 5.74) is -0.557. The summed E-state index contributed by atoms with van der Waals surface area (Å²) in [4.78, 5) is 27.0. The van der Waals surface area contributed by atoms with Gasteiger partial charge < -0.3 is 10.2 Å². The molecule has 0 aliphatic carbocycles. The molecule has 15 heavy (non-hydrogen) atoms. The largest absolute Gasteiger partial charge is 0.327 e. The third kappa shape index (κ3) is 1.26. The SMILES string of the molecule is CCN1C(=O)N(C)C2(CCNCC2)C1=O. The summed E-state index contributed by atoms with van der Waals surface area (Å²) in [5.74, 6) is -0.0148. The number of piperidine rings is 1. The van der Waals surface area contributed by atoms with Crippen LogP contribution in [0.25, 0.3) is 0 Å². The van der Waals surface area contributed by atoms with Gasteiger partial charge in [0.05, 0.1) is 0 Å². The van der Waals surface area contributed by atoms with Gasteiger partial charge in [-0.2, -0.15) is 0 Å². The Balaban J connectivity index is 2.32. The van der Waals surface area contributed by atoms with Crippen LogP contribution in [0.5, 0.6) is 0 Å². The monoisotopic (exact) mass is 211 g/mol. The molecule has 2 saturated heterocycles. The van der Waals surface area contributed by atoms with Gasteiger partial charge in [-0.15, -0.1) is 0 Å². The molecule has 2 aliphatic heterocycles. The Morgan fingerprint density at radius 2 is 1.93 bits per heavy atom. The van der Waals surface area contributed by atoms with Crippen molar-refractivity contribution in [2.75, 3.05) is 26.7 Å². The van der Waals surface area contributed by atoms with E-state index in [9.17, 15) is 9.59 Å². The van der Waals surface area contributed by atoms with Gasteiger partial charge >= 0.3 is 6.03 Å². The Kier molecular flexibility index (Phi) is 2.42. The highest BCUT2D eigenvalue weighted by molar-refractivity contribution is 6.06. The first-order valence-electron chi connectivity index (χ1n) is 5.44. The molecule has 3 amide bonds. The van der Waals surface area contributed by atoms with Gasteiger partial charge in [-0.25, -0.2) is 4.79 Å². The molecule has 0 radical (unpaired) electrons. The number of hydrogen-bond donors (Lipinski definition) is 1. The van der Waals surface area contributed by atoms with E-state index >= 15 is 0 Å². The fourth-order valence-corrected chi connectivity index (χ4v) is 2.51. The lowest BCUT2D eigenvalue weighted by Gasteiger charge is -2.36. The summed E-state index contributed by atoms with van der Waals surface area (Å²) in [6, 6.07) is -0.149. The van der Waals surface area contributed by atoms with Gasteiger partial charge in [0.2, 0.25) is 0 Å². The van der Waals surface area contributed by atoms with Crippen LogP contribution in [-0.4, -0.2) is 54.0 Å². The minimum absolute atomic E-state index is 0.0148. The molecular weight excluding hydrogens is 194 g/mol. The van der Waals surface area contributed by atoms with Gasteiger partial charge in [-0.1, -0.05) is 0 Å². The molecule has 2 aliphatic rings. The standard InChI is InChI=1S/C10H17N3O2/c1-3-13-8(14)10(12(2)9(13)15)4-6-11-7-5-10/h11H,3-7H2,1-2H3. The minimum Gasteiger partial charge on any atom is -0.317 e. The molecule has 2 rings (SSSR count). The van der Waals surface area contributed by atoms with E-state index in [4.69, 9.17) is 0 Å². The molecule has 84 valence electrons. The summed E-state index contributed by atoms with van der Waals surface area (Å²) >= 11 is 0. The van der Waals surface area contributed by atoms with E-state index in [0.29, 0.717) is 6.54 Å². The van der Waals surface area contributed by atoms with Gasteiger partial charge in [0, 0.05) is 13.6 Å². The van der Waals surface area contributed by atoms with Crippen molar-refractivity contribution in [1.82, 2.24) is 15.1 Å². The van der Waals surface area contributed by atoms with Crippen LogP contribution in [0.1, 0.15) is 19.8 Å². The van der Waals surface area contributed by atoms with Crippen molar-refractivity contribution in [2.24, 2.45) is 0 Å². The molecule has 0 unspecified atom stereocenters. The molecule has 0 aromatic carbocycles. The lowest BCUT2D eigenvalue weighted by Crippen LogP contribution is -2.54. The lowest BCUT2D eigenvalue weighted by molar-refractivity contribution is -0.134. The Morgan fingerprint density at radius 1 is 1.33 bits per heavy atom. The second kappa shape index (κ2) is 3.48. The molecule has 2 heterocycles. The van der Waals surface area contributed by atoms with Crippen molar-refractivity contribution in [2.45, 2.75) is 25.3 Å². The zero-order chi connectivity index (χ0) is 11.1. The van der Waals surface area contributed by atoms with Crippen molar-refractivity contribution in [1.29, 1.82) is 0 Å². The molecule has 0 atom stereocenters. The van der Waals surface area contributed by atoms with Crippen molar-refractivity contribution in [3.63, 3.8) is 0 Å². The lowest BCUT2D eigenvalue weighted by atomic mass is 9.87. The van der Waals surface area contributed by atoms with Crippen molar-refractivity contribution in [3.8, 4) is 0 Å². The molecule has 5 nitrogen and oxygen atoms in total. The maximum atomic E-state index is 12.2. The summed E-state index contributed by atoms with van der Waals surface area (Å²) < 4.78 is 0. The maximum absolute atomic E-state index is 12.2. The molecule has 0 aromatic rings. The van der Waals surface area contributed by atoms with Crippen LogP contribution in [0.4, 0.5) is 4.79 Å². The Hall–Kier alpha value is -1.10. The average molecular weight is 211 g/mol. The van der Waals surface area contributed by atoms with E-state index < -0.39 is 5.54 Å². The minimum atomic E-state index is -0.557. The van der Waals surface area contributed by atoms with Crippen LogP contribution in [0.15, 0.2) is 0 Å². The van der Waals surface area contributed by atoms with E-state index in [2.05, 4.69) is 5.32 Å². The summed E-state index contributed by atoms with van der Waals surface area (Å²) in [7, 11) is 1.74. The number of nitrogens with zero attached hydrogens (tertiary/aromatic N) is 2. The predicted octanol–water partition coefficient (Wildman–Crippen LogP) is 0.0225. The number of rotatable bonds is 1. The van der Waals surface area contributed by atoms with Gasteiger partial charge in [-0.05, 0) is 32.9 Å². The molecule has 0 aromatic heterocycles. The van der Waals surface area contributed by atoms with Crippen LogP contribution in [-0.2, 0) is 4.79 Å². The van der Waals surface area contributed by atoms with Crippen molar-refractivity contribution in [3.05, 3.63) is 0 Å². The smallest absolute Gasteiger partial charge is 0.317 e. The number of amides is 3. The second-order valence-electron chi connectivity index (χ2n) is 4.17. The van der Waals surface area contributed by atoms with E-state index in [-0.39, 0.29) is 11.9 Å². The fourth-order valence-electron chi connectivity index (χ4n) is 2.51. The Labute approximate surface area is 89.4 Å². The van der Waals surface area contributed by atoms with Crippen LogP contribution >= 0.6 is 0 Å². The molecule has 2 fully saturated rings. The number of carbonyl (C=O) groups is 2. The first-order chi connectivity index (χ1) is 7.13. The molecule has 0 saturated carbocycles. The van der Waals surface area contributed by atoms with E-state index in [0.717, 1.165) is 25.9 Å². The average Bonchev–Trinajstić information content (AvgIpc) is 2.43. The number of hydrogen-bond acceptors (Lipinski definition) is 3. The van der Waals surface area contributed by atoms with Gasteiger partial charge in [0.1, 0.15) is 5.54 Å². The third-order valence-corrected chi connectivity index (χ3v) is 3.55. The van der Waals surface area contributed by atoms with Crippen molar-refractivity contribution >= 4 is 11.9 Å². The highest BCUT2D eigenvalue weighted by atomic mass is 16.2. The number of nitrogens with one attached hydrogen (secondary N) is 1. The Morgan fingerprint density at radius 3 is 2.40 bits per heavy atom. The molecule has 1 spiro atoms. The number of urea groups is 1. The van der Waals surface area contributed by atoms with Crippen molar-refractivity contribution < 1.29 is 9.59 Å². The number of imide groups is 1. The van der Waals surface area contributed by atoms with Crippen LogP contribution in [0.2, 0.25) is 0 Å². The zero-order valence-corrected chi connectivity index (χ0v) is 9.25. The fraction of sp³-hybridized carbons (Fsp3) is 0.800. The molecule has 5 heteroatoms. The number of likely N-dealkylation sites (N-methyl/N-ethyl adjacent to an activating group) is 2. The maximum Gasteiger partial charge on any atom is 0.327 e. The predicted molar refractivity (Wildman–Crippen MR) is 55.4 cm³/mol. The summed E-state index contributed by atoms with van der Waals surface area (Å²) in [5, 5.41) is 3.22. The van der Waals surface area contributed by atoms with E-state index in [1.165, 1.54) is 4.90 Å². The normalized spacial score (nSPS) is 25.5. The number of carbonyl (C=O) groups excluding carboxylic acids is 2. The molecule has 1 N–H and O–H groups in total. The molecule has 0 bridgehead atoms. The van der Waals surface area contributed by atoms with Crippen LogP contribution < -0.4 is 5.32 Å². The zero-order valence-electron chi connectivity index (χ0n) is 9.25. The van der Waals surface area contributed by atoms with Crippen LogP contribution in [0, 0.1) is 0 Å². The Bertz CT molecular complexity index is 297. The summed E-state index contributed by atoms with van der Waals surface area (Å²) in [6.07, 6.45) is 1.45. The highest BCUT2D eigenvalue weighted by Gasteiger charge is 2.54. The third-order valence-electron chi connectivity index (χ3n) is 3.55. The van der Waals surface area contributed by atoms with Crippen LogP contribution in [0.3, 0.4) is 0 Å². The highest BCUT2D eigenvalue weighted by Crippen LogP contribution is 2.33. The van der Waals surface area contributed by atoms with E-state index in [1.807, 2.05) is 6.92 Å². The molecular formula is C10H17N3O2. The first-order valence-corrected chi connectivity index (χ1v) is 5.44. The quantitative estimate of drug-likeness (QED) is 0.622. The summed E-state index contributed by atoms with van der Waals surface area (Å²) in [6.45, 7) is 3.92. The second-order valence-corrected chi connectivity index (χ2v) is 4.17. The van der Waals surface area contributed by atoms with Gasteiger partial charge in [-0.3, -0.25) is 9.69 Å². The van der Waals surface area contributed by atoms with E-state index in [1.54, 1.807) is 11.9 Å². The van der Waals surface area contributed by atoms with Gasteiger partial charge in [0.25, 0.3) is 5.91 Å². The van der Waals surface area contributed by atoms with Gasteiger partial charge in [0.15, 0.2) is 0 Å². The first kappa shape index (κ1) is 10.4.